The molecule has 1 aromatic rings. The predicted molar refractivity (Wildman–Crippen MR) is 62.9 cm³/mol. The third-order valence-electron chi connectivity index (χ3n) is 2.41. The number of carbonyl (C=O) groups is 2. The van der Waals surface area contributed by atoms with Gasteiger partial charge in [0.15, 0.2) is 0 Å². The van der Waals surface area contributed by atoms with Gasteiger partial charge in [0.05, 0.1) is 5.02 Å². The van der Waals surface area contributed by atoms with Gasteiger partial charge in [0.25, 0.3) is 5.91 Å². The minimum Gasteiger partial charge on any atom is -0.354 e. The molecular formula is C10H11ClN2O2S. The summed E-state index contributed by atoms with van der Waals surface area (Å²) >= 11 is 7.23. The Labute approximate surface area is 102 Å². The van der Waals surface area contributed by atoms with E-state index >= 15 is 0 Å². The lowest BCUT2D eigenvalue weighted by atomic mass is 10.3. The van der Waals surface area contributed by atoms with Gasteiger partial charge < -0.3 is 10.2 Å². The van der Waals surface area contributed by atoms with Gasteiger partial charge in [0.2, 0.25) is 5.91 Å². The summed E-state index contributed by atoms with van der Waals surface area (Å²) in [6.07, 6.45) is 0.356. The first-order valence-corrected chi connectivity index (χ1v) is 6.23. The van der Waals surface area contributed by atoms with Crippen LogP contribution in [0, 0.1) is 0 Å². The molecule has 0 aliphatic carbocycles. The smallest absolute Gasteiger partial charge is 0.265 e. The summed E-state index contributed by atoms with van der Waals surface area (Å²) in [6.45, 7) is 1.51. The molecular weight excluding hydrogens is 248 g/mol. The maximum atomic E-state index is 12.1. The lowest BCUT2D eigenvalue weighted by molar-refractivity contribution is -0.120. The van der Waals surface area contributed by atoms with Crippen LogP contribution < -0.4 is 5.32 Å². The van der Waals surface area contributed by atoms with Crippen molar-refractivity contribution in [2.24, 2.45) is 0 Å². The molecule has 2 rings (SSSR count). The van der Waals surface area contributed by atoms with Crippen LogP contribution in [0.3, 0.4) is 0 Å². The number of hydrogen-bond donors (Lipinski definition) is 1. The average molecular weight is 259 g/mol. The van der Waals surface area contributed by atoms with Crippen LogP contribution in [0.2, 0.25) is 5.02 Å². The van der Waals surface area contributed by atoms with Crippen molar-refractivity contribution in [3.8, 4) is 0 Å². The lowest BCUT2D eigenvalue weighted by Gasteiger charge is -2.18. The largest absolute Gasteiger partial charge is 0.354 e. The number of amides is 2. The van der Waals surface area contributed by atoms with Gasteiger partial charge in [-0.2, -0.15) is 0 Å². The summed E-state index contributed by atoms with van der Waals surface area (Å²) in [5.74, 6) is -0.0934. The second kappa shape index (κ2) is 4.84. The van der Waals surface area contributed by atoms with Gasteiger partial charge >= 0.3 is 0 Å². The molecule has 1 N–H and O–H groups in total. The molecule has 0 radical (unpaired) electrons. The molecule has 1 aliphatic heterocycles. The first-order chi connectivity index (χ1) is 7.68. The van der Waals surface area contributed by atoms with Crippen LogP contribution >= 0.6 is 22.9 Å². The normalized spacial score (nSPS) is 16.8. The van der Waals surface area contributed by atoms with Crippen molar-refractivity contribution < 1.29 is 9.59 Å². The molecule has 16 heavy (non-hydrogen) atoms. The molecule has 2 heterocycles. The SMILES string of the molecule is O=C1CCN(C(=O)c2sccc2Cl)CCN1. The summed E-state index contributed by atoms with van der Waals surface area (Å²) in [4.78, 5) is 25.4. The second-order valence-corrected chi connectivity index (χ2v) is 4.81. The summed E-state index contributed by atoms with van der Waals surface area (Å²) in [6, 6.07) is 1.71. The minimum absolute atomic E-state index is 0.00687. The first-order valence-electron chi connectivity index (χ1n) is 4.97. The summed E-state index contributed by atoms with van der Waals surface area (Å²) < 4.78 is 0. The fraction of sp³-hybridized carbons (Fsp3) is 0.400. The molecule has 0 bridgehead atoms. The van der Waals surface area contributed by atoms with E-state index < -0.39 is 0 Å². The Bertz CT molecular complexity index is 419. The van der Waals surface area contributed by atoms with Gasteiger partial charge in [-0.15, -0.1) is 11.3 Å². The van der Waals surface area contributed by atoms with Gasteiger partial charge in [0, 0.05) is 26.1 Å². The van der Waals surface area contributed by atoms with E-state index in [4.69, 9.17) is 11.6 Å². The van der Waals surface area contributed by atoms with Crippen molar-refractivity contribution in [1.82, 2.24) is 10.2 Å². The van der Waals surface area contributed by atoms with Gasteiger partial charge in [-0.3, -0.25) is 9.59 Å². The summed E-state index contributed by atoms with van der Waals surface area (Å²) in [5, 5.41) is 5.00. The zero-order valence-corrected chi connectivity index (χ0v) is 10.1. The highest BCUT2D eigenvalue weighted by atomic mass is 35.5. The fourth-order valence-corrected chi connectivity index (χ4v) is 2.66. The molecule has 0 aromatic carbocycles. The number of thiophene rings is 1. The van der Waals surface area contributed by atoms with Crippen molar-refractivity contribution in [3.63, 3.8) is 0 Å². The molecule has 4 nitrogen and oxygen atoms in total. The second-order valence-electron chi connectivity index (χ2n) is 3.49. The van der Waals surface area contributed by atoms with E-state index in [0.29, 0.717) is 36.0 Å². The molecule has 86 valence electrons. The molecule has 0 saturated carbocycles. The van der Waals surface area contributed by atoms with Crippen LogP contribution in [0.4, 0.5) is 0 Å². The predicted octanol–water partition coefficient (Wildman–Crippen LogP) is 1.36. The number of carbonyl (C=O) groups excluding carboxylic acids is 2. The van der Waals surface area contributed by atoms with Gasteiger partial charge in [0.1, 0.15) is 4.88 Å². The molecule has 1 aromatic heterocycles. The fourth-order valence-electron chi connectivity index (χ4n) is 1.56. The van der Waals surface area contributed by atoms with Crippen LogP contribution in [0.5, 0.6) is 0 Å². The third-order valence-corrected chi connectivity index (χ3v) is 3.74. The highest BCUT2D eigenvalue weighted by molar-refractivity contribution is 7.12. The standard InChI is InChI=1S/C10H11ClN2O2S/c11-7-2-6-16-9(7)10(15)13-4-1-8(14)12-3-5-13/h2,6H,1,3-5H2,(H,12,14). The van der Waals surface area contributed by atoms with E-state index in [0.717, 1.165) is 0 Å². The Hall–Kier alpha value is -1.07. The van der Waals surface area contributed by atoms with Crippen LogP contribution in [0.15, 0.2) is 11.4 Å². The van der Waals surface area contributed by atoms with Gasteiger partial charge in [-0.25, -0.2) is 0 Å². The van der Waals surface area contributed by atoms with Crippen molar-refractivity contribution in [2.75, 3.05) is 19.6 Å². The number of halogens is 1. The van der Waals surface area contributed by atoms with E-state index in [1.54, 1.807) is 16.3 Å². The van der Waals surface area contributed by atoms with Gasteiger partial charge in [-0.05, 0) is 11.4 Å². The maximum absolute atomic E-state index is 12.1. The summed E-state index contributed by atoms with van der Waals surface area (Å²) in [5.41, 5.74) is 0. The monoisotopic (exact) mass is 258 g/mol. The Morgan fingerprint density at radius 3 is 3.00 bits per heavy atom. The number of hydrogen-bond acceptors (Lipinski definition) is 3. The van der Waals surface area contributed by atoms with E-state index in [9.17, 15) is 9.59 Å². The number of nitrogens with zero attached hydrogens (tertiary/aromatic N) is 1. The Morgan fingerprint density at radius 2 is 2.31 bits per heavy atom. The molecule has 0 atom stereocenters. The summed E-state index contributed by atoms with van der Waals surface area (Å²) in [7, 11) is 0. The lowest BCUT2D eigenvalue weighted by Crippen LogP contribution is -2.33. The zero-order valence-electron chi connectivity index (χ0n) is 8.53. The zero-order chi connectivity index (χ0) is 11.5. The van der Waals surface area contributed by atoms with Crippen molar-refractivity contribution in [1.29, 1.82) is 0 Å². The Morgan fingerprint density at radius 1 is 1.50 bits per heavy atom. The molecule has 0 unspecified atom stereocenters. The third kappa shape index (κ3) is 2.36. The Kier molecular flexibility index (Phi) is 3.46. The van der Waals surface area contributed by atoms with Crippen molar-refractivity contribution in [2.45, 2.75) is 6.42 Å². The van der Waals surface area contributed by atoms with E-state index in [1.807, 2.05) is 0 Å². The molecule has 1 aliphatic rings. The van der Waals surface area contributed by atoms with E-state index in [-0.39, 0.29) is 11.8 Å². The van der Waals surface area contributed by atoms with E-state index in [1.165, 1.54) is 11.3 Å². The van der Waals surface area contributed by atoms with Gasteiger partial charge in [-0.1, -0.05) is 11.6 Å². The van der Waals surface area contributed by atoms with Crippen LogP contribution in [0.1, 0.15) is 16.1 Å². The quantitative estimate of drug-likeness (QED) is 0.827. The average Bonchev–Trinajstić information content (AvgIpc) is 2.56. The number of nitrogens with one attached hydrogen (secondary N) is 1. The van der Waals surface area contributed by atoms with Crippen molar-refractivity contribution >= 4 is 34.8 Å². The molecule has 1 fully saturated rings. The molecule has 6 heteroatoms. The maximum Gasteiger partial charge on any atom is 0.265 e. The molecule has 0 spiro atoms. The van der Waals surface area contributed by atoms with Crippen LogP contribution in [-0.2, 0) is 4.79 Å². The van der Waals surface area contributed by atoms with E-state index in [2.05, 4.69) is 5.32 Å². The number of rotatable bonds is 1. The van der Waals surface area contributed by atoms with Crippen molar-refractivity contribution in [3.05, 3.63) is 21.3 Å². The Balaban J connectivity index is 2.10. The topological polar surface area (TPSA) is 49.4 Å². The molecule has 2 amide bonds. The van der Waals surface area contributed by atoms with Crippen LogP contribution in [0.25, 0.3) is 0 Å². The van der Waals surface area contributed by atoms with Crippen LogP contribution in [-0.4, -0.2) is 36.3 Å². The molecule has 1 saturated heterocycles. The highest BCUT2D eigenvalue weighted by Gasteiger charge is 2.22. The minimum atomic E-state index is -0.0866. The highest BCUT2D eigenvalue weighted by Crippen LogP contribution is 2.23. The first kappa shape index (κ1) is 11.4.